The van der Waals surface area contributed by atoms with Crippen molar-refractivity contribution in [1.29, 1.82) is 0 Å². The number of hydrogen-bond donors (Lipinski definition) is 1. The topological polar surface area (TPSA) is 59.0 Å². The molecule has 3 rings (SSSR count). The summed E-state index contributed by atoms with van der Waals surface area (Å²) in [4.78, 5) is 15.0. The molecule has 1 saturated heterocycles. The molecule has 1 aliphatic rings. The first-order valence-corrected chi connectivity index (χ1v) is 9.18. The number of ether oxygens (including phenoxy) is 2. The van der Waals surface area contributed by atoms with Gasteiger partial charge in [-0.1, -0.05) is 6.07 Å². The zero-order valence-electron chi connectivity index (χ0n) is 14.7. The largest absolute Gasteiger partial charge is 0.493 e. The second-order valence-electron chi connectivity index (χ2n) is 6.28. The van der Waals surface area contributed by atoms with Gasteiger partial charge in [-0.15, -0.1) is 11.3 Å². The molecule has 1 N–H and O–H groups in total. The van der Waals surface area contributed by atoms with Crippen LogP contribution in [-0.2, 0) is 4.79 Å². The molecular formula is C19H23NO4S. The van der Waals surface area contributed by atoms with Crippen LogP contribution in [-0.4, -0.2) is 42.8 Å². The van der Waals surface area contributed by atoms with E-state index in [1.165, 1.54) is 5.56 Å². The molecule has 0 spiro atoms. The summed E-state index contributed by atoms with van der Waals surface area (Å²) in [7, 11) is 3.22. The monoisotopic (exact) mass is 361 g/mol. The first-order valence-electron chi connectivity index (χ1n) is 8.30. The highest BCUT2D eigenvalue weighted by Gasteiger charge is 2.37. The minimum atomic E-state index is -0.753. The van der Waals surface area contributed by atoms with Gasteiger partial charge in [0.05, 0.1) is 20.3 Å². The lowest BCUT2D eigenvalue weighted by atomic mass is 10.0. The van der Waals surface area contributed by atoms with Gasteiger partial charge in [0, 0.05) is 11.4 Å². The number of likely N-dealkylation sites (tertiary alicyclic amines) is 1. The molecular weight excluding hydrogens is 338 g/mol. The summed E-state index contributed by atoms with van der Waals surface area (Å²) in [6, 6.07) is 7.42. The molecule has 1 aliphatic heterocycles. The molecule has 2 heterocycles. The number of carbonyl (C=O) groups is 1. The van der Waals surface area contributed by atoms with Crippen molar-refractivity contribution in [2.24, 2.45) is 0 Å². The molecule has 25 heavy (non-hydrogen) atoms. The second-order valence-corrected chi connectivity index (χ2v) is 7.22. The third-order valence-electron chi connectivity index (χ3n) is 4.65. The first kappa shape index (κ1) is 17.8. The lowest BCUT2D eigenvalue weighted by molar-refractivity contribution is -0.142. The average Bonchev–Trinajstić information content (AvgIpc) is 3.24. The normalized spacial score (nSPS) is 18.9. The Hall–Kier alpha value is -2.05. The summed E-state index contributed by atoms with van der Waals surface area (Å²) in [5.41, 5.74) is 2.21. The fourth-order valence-electron chi connectivity index (χ4n) is 3.50. The molecule has 0 radical (unpaired) electrons. The average molecular weight is 361 g/mol. The number of thiophene rings is 1. The molecule has 0 aliphatic carbocycles. The Bertz CT molecular complexity index is 758. The summed E-state index contributed by atoms with van der Waals surface area (Å²) >= 11 is 1.67. The van der Waals surface area contributed by atoms with Crippen LogP contribution in [0, 0.1) is 6.92 Å². The van der Waals surface area contributed by atoms with Crippen LogP contribution >= 0.6 is 11.3 Å². The van der Waals surface area contributed by atoms with Crippen molar-refractivity contribution in [3.63, 3.8) is 0 Å². The Morgan fingerprint density at radius 3 is 2.64 bits per heavy atom. The Morgan fingerprint density at radius 1 is 1.28 bits per heavy atom. The summed E-state index contributed by atoms with van der Waals surface area (Å²) < 4.78 is 10.8. The maximum Gasteiger partial charge on any atom is 0.320 e. The highest BCUT2D eigenvalue weighted by molar-refractivity contribution is 7.10. The van der Waals surface area contributed by atoms with E-state index < -0.39 is 12.0 Å². The number of aryl methyl sites for hydroxylation is 1. The standard InChI is InChI=1S/C19H23NO4S/c1-12-9-17(25-11-12)18(20-8-4-5-14(20)19(21)22)13-6-7-15(23-2)16(10-13)24-3/h6-7,9-11,14,18H,4-5,8H2,1-3H3,(H,21,22). The van der Waals surface area contributed by atoms with E-state index in [2.05, 4.69) is 23.3 Å². The van der Waals surface area contributed by atoms with E-state index in [-0.39, 0.29) is 6.04 Å². The summed E-state index contributed by atoms with van der Waals surface area (Å²) in [6.45, 7) is 2.83. The predicted molar refractivity (Wildman–Crippen MR) is 97.8 cm³/mol. The maximum atomic E-state index is 11.7. The molecule has 0 amide bonds. The molecule has 0 saturated carbocycles. The summed E-state index contributed by atoms with van der Waals surface area (Å²) in [5, 5.41) is 11.7. The Morgan fingerprint density at radius 2 is 2.04 bits per heavy atom. The van der Waals surface area contributed by atoms with Crippen molar-refractivity contribution in [2.45, 2.75) is 31.8 Å². The fraction of sp³-hybridized carbons (Fsp3) is 0.421. The smallest absolute Gasteiger partial charge is 0.320 e. The molecule has 5 nitrogen and oxygen atoms in total. The van der Waals surface area contributed by atoms with Crippen LogP contribution in [0.25, 0.3) is 0 Å². The van der Waals surface area contributed by atoms with Crippen molar-refractivity contribution in [2.75, 3.05) is 20.8 Å². The van der Waals surface area contributed by atoms with Crippen LogP contribution < -0.4 is 9.47 Å². The minimum Gasteiger partial charge on any atom is -0.493 e. The van der Waals surface area contributed by atoms with E-state index in [1.807, 2.05) is 18.2 Å². The van der Waals surface area contributed by atoms with E-state index >= 15 is 0 Å². The molecule has 1 aromatic heterocycles. The minimum absolute atomic E-state index is 0.0953. The number of benzene rings is 1. The zero-order chi connectivity index (χ0) is 18.0. The molecule has 2 atom stereocenters. The number of rotatable bonds is 6. The highest BCUT2D eigenvalue weighted by atomic mass is 32.1. The maximum absolute atomic E-state index is 11.7. The van der Waals surface area contributed by atoms with Gasteiger partial charge in [-0.2, -0.15) is 0 Å². The molecule has 2 aromatic rings. The number of nitrogens with zero attached hydrogens (tertiary/aromatic N) is 1. The van der Waals surface area contributed by atoms with Gasteiger partial charge in [0.2, 0.25) is 0 Å². The van der Waals surface area contributed by atoms with E-state index in [0.717, 1.165) is 23.4 Å². The van der Waals surface area contributed by atoms with Crippen molar-refractivity contribution in [1.82, 2.24) is 4.90 Å². The van der Waals surface area contributed by atoms with Gasteiger partial charge in [-0.05, 0) is 54.5 Å². The van der Waals surface area contributed by atoms with Crippen LogP contribution in [0.3, 0.4) is 0 Å². The number of carboxylic acid groups (broad SMARTS) is 1. The SMILES string of the molecule is COc1ccc(C(c2cc(C)cs2)N2CCCC2C(=O)O)cc1OC. The lowest BCUT2D eigenvalue weighted by Crippen LogP contribution is -2.39. The van der Waals surface area contributed by atoms with Crippen molar-refractivity contribution >= 4 is 17.3 Å². The van der Waals surface area contributed by atoms with E-state index in [0.29, 0.717) is 17.9 Å². The zero-order valence-corrected chi connectivity index (χ0v) is 15.5. The summed E-state index contributed by atoms with van der Waals surface area (Å²) in [5.74, 6) is 0.573. The number of carboxylic acids is 1. The molecule has 134 valence electrons. The van der Waals surface area contributed by atoms with Gasteiger partial charge in [0.1, 0.15) is 6.04 Å². The Labute approximate surface area is 151 Å². The fourth-order valence-corrected chi connectivity index (χ4v) is 4.55. The number of aliphatic carboxylic acids is 1. The number of hydrogen-bond acceptors (Lipinski definition) is 5. The summed E-state index contributed by atoms with van der Waals surface area (Å²) in [6.07, 6.45) is 1.58. The highest BCUT2D eigenvalue weighted by Crippen LogP contribution is 2.40. The molecule has 2 unspecified atom stereocenters. The van der Waals surface area contributed by atoms with Crippen molar-refractivity contribution in [3.05, 3.63) is 45.6 Å². The van der Waals surface area contributed by atoms with Crippen LogP contribution in [0.1, 0.15) is 34.9 Å². The third kappa shape index (κ3) is 3.50. The lowest BCUT2D eigenvalue weighted by Gasteiger charge is -2.31. The van der Waals surface area contributed by atoms with Gasteiger partial charge < -0.3 is 14.6 Å². The van der Waals surface area contributed by atoms with Gasteiger partial charge in [0.25, 0.3) is 0 Å². The second kappa shape index (κ2) is 7.45. The Kier molecular flexibility index (Phi) is 5.30. The number of methoxy groups -OCH3 is 2. The van der Waals surface area contributed by atoms with Crippen molar-refractivity contribution in [3.8, 4) is 11.5 Å². The first-order chi connectivity index (χ1) is 12.0. The van der Waals surface area contributed by atoms with Gasteiger partial charge >= 0.3 is 5.97 Å². The van der Waals surface area contributed by atoms with Gasteiger partial charge in [-0.3, -0.25) is 9.69 Å². The van der Waals surface area contributed by atoms with Crippen molar-refractivity contribution < 1.29 is 19.4 Å². The van der Waals surface area contributed by atoms with E-state index in [1.54, 1.807) is 25.6 Å². The predicted octanol–water partition coefficient (Wildman–Crippen LogP) is 3.71. The van der Waals surface area contributed by atoms with Crippen LogP contribution in [0.5, 0.6) is 11.5 Å². The van der Waals surface area contributed by atoms with Gasteiger partial charge in [0.15, 0.2) is 11.5 Å². The van der Waals surface area contributed by atoms with Crippen LogP contribution in [0.15, 0.2) is 29.6 Å². The Balaban J connectivity index is 2.07. The van der Waals surface area contributed by atoms with Gasteiger partial charge in [-0.25, -0.2) is 0 Å². The van der Waals surface area contributed by atoms with Crippen LogP contribution in [0.4, 0.5) is 0 Å². The third-order valence-corrected chi connectivity index (χ3v) is 5.76. The molecule has 1 fully saturated rings. The van der Waals surface area contributed by atoms with E-state index in [9.17, 15) is 9.90 Å². The van der Waals surface area contributed by atoms with Crippen LogP contribution in [0.2, 0.25) is 0 Å². The van der Waals surface area contributed by atoms with E-state index in [4.69, 9.17) is 9.47 Å². The molecule has 1 aromatic carbocycles. The molecule has 6 heteroatoms. The molecule has 0 bridgehead atoms. The quantitative estimate of drug-likeness (QED) is 0.850.